The first-order valence-electron chi connectivity index (χ1n) is 14.2. The van der Waals surface area contributed by atoms with Crippen molar-refractivity contribution in [2.24, 2.45) is 62.6 Å². The molecule has 2 N–H and O–H groups in total. The molecule has 0 saturated heterocycles. The summed E-state index contributed by atoms with van der Waals surface area (Å²) in [6, 6.07) is 0. The third-order valence-electron chi connectivity index (χ3n) is 13.9. The summed E-state index contributed by atoms with van der Waals surface area (Å²) in [6.07, 6.45) is 12.7. The molecule has 0 aromatic heterocycles. The summed E-state index contributed by atoms with van der Waals surface area (Å²) in [7, 11) is 0. The molecule has 32 heavy (non-hydrogen) atoms. The highest BCUT2D eigenvalue weighted by Crippen LogP contribution is 2.77. The highest BCUT2D eigenvalue weighted by atomic mass is 16.3. The van der Waals surface area contributed by atoms with Gasteiger partial charge in [-0.05, 0) is 121 Å². The second-order valence-electron chi connectivity index (χ2n) is 15.0. The third-order valence-corrected chi connectivity index (χ3v) is 13.9. The highest BCUT2D eigenvalue weighted by Gasteiger charge is 2.70. The molecule has 5 aliphatic carbocycles. The minimum atomic E-state index is -0.345. The van der Waals surface area contributed by atoms with Crippen molar-refractivity contribution >= 4 is 0 Å². The van der Waals surface area contributed by atoms with Crippen LogP contribution in [-0.2, 0) is 0 Å². The van der Waals surface area contributed by atoms with Crippen molar-refractivity contribution in [1.29, 1.82) is 0 Å². The van der Waals surface area contributed by atoms with Gasteiger partial charge in [0.25, 0.3) is 0 Å². The number of hydrogen-bond acceptors (Lipinski definition) is 2. The Morgan fingerprint density at radius 2 is 1.47 bits per heavy atom. The fourth-order valence-electron chi connectivity index (χ4n) is 11.8. The van der Waals surface area contributed by atoms with E-state index < -0.39 is 0 Å². The van der Waals surface area contributed by atoms with Crippen LogP contribution in [-0.4, -0.2) is 22.9 Å². The van der Waals surface area contributed by atoms with Gasteiger partial charge in [-0.1, -0.05) is 48.5 Å². The molecule has 5 saturated carbocycles. The fourth-order valence-corrected chi connectivity index (χ4v) is 11.8. The summed E-state index contributed by atoms with van der Waals surface area (Å²) in [5.74, 6) is 4.71. The molecule has 0 amide bonds. The summed E-state index contributed by atoms with van der Waals surface area (Å²) in [4.78, 5) is 0. The van der Waals surface area contributed by atoms with Gasteiger partial charge in [-0.15, -0.1) is 0 Å². The highest BCUT2D eigenvalue weighted by molar-refractivity contribution is 5.19. The Morgan fingerprint density at radius 3 is 2.12 bits per heavy atom. The van der Waals surface area contributed by atoms with E-state index in [9.17, 15) is 10.2 Å². The maximum atomic E-state index is 10.9. The van der Waals surface area contributed by atoms with Crippen molar-refractivity contribution in [3.05, 3.63) is 0 Å². The van der Waals surface area contributed by atoms with Crippen LogP contribution in [0.4, 0.5) is 0 Å². The SMILES string of the molecule is CC(C)C1CCC2(C)CCC3(C)C(CCC4C5(C)CCC(O)C(C)(CO)C5CCC43C)C12. The topological polar surface area (TPSA) is 40.5 Å². The quantitative estimate of drug-likeness (QED) is 0.478. The minimum absolute atomic E-state index is 0.133. The monoisotopic (exact) mass is 444 g/mol. The molecule has 0 aromatic carbocycles. The van der Waals surface area contributed by atoms with Crippen LogP contribution in [0.2, 0.25) is 0 Å². The zero-order chi connectivity index (χ0) is 23.3. The summed E-state index contributed by atoms with van der Waals surface area (Å²) in [6.45, 7) is 18.0. The van der Waals surface area contributed by atoms with E-state index in [0.29, 0.717) is 22.2 Å². The number of hydrogen-bond donors (Lipinski definition) is 2. The first kappa shape index (κ1) is 23.7. The van der Waals surface area contributed by atoms with E-state index in [0.717, 1.165) is 42.4 Å². The Kier molecular flexibility index (Phi) is 5.34. The lowest BCUT2D eigenvalue weighted by molar-refractivity contribution is -0.254. The van der Waals surface area contributed by atoms with Gasteiger partial charge in [-0.2, -0.15) is 0 Å². The van der Waals surface area contributed by atoms with E-state index in [1.807, 2.05) is 0 Å². The van der Waals surface area contributed by atoms with Crippen molar-refractivity contribution < 1.29 is 10.2 Å². The van der Waals surface area contributed by atoms with Gasteiger partial charge in [0, 0.05) is 5.41 Å². The van der Waals surface area contributed by atoms with Gasteiger partial charge in [0.15, 0.2) is 0 Å². The number of aliphatic hydroxyl groups is 2. The molecule has 0 spiro atoms. The molecular formula is C30H52O2. The molecule has 11 unspecified atom stereocenters. The fraction of sp³-hybridized carbons (Fsp3) is 1.00. The van der Waals surface area contributed by atoms with Crippen LogP contribution in [0.3, 0.4) is 0 Å². The molecule has 184 valence electrons. The molecular weight excluding hydrogens is 392 g/mol. The zero-order valence-electron chi connectivity index (χ0n) is 22.2. The lowest BCUT2D eigenvalue weighted by atomic mass is 9.32. The molecule has 0 aliphatic heterocycles. The molecule has 0 bridgehead atoms. The van der Waals surface area contributed by atoms with Crippen molar-refractivity contribution in [2.75, 3.05) is 6.61 Å². The summed E-state index contributed by atoms with van der Waals surface area (Å²) >= 11 is 0. The van der Waals surface area contributed by atoms with Crippen LogP contribution in [0.25, 0.3) is 0 Å². The lowest BCUT2D eigenvalue weighted by Crippen LogP contribution is -2.67. The van der Waals surface area contributed by atoms with Gasteiger partial charge < -0.3 is 10.2 Å². The first-order chi connectivity index (χ1) is 14.9. The normalized spacial score (nSPS) is 59.8. The molecule has 5 fully saturated rings. The van der Waals surface area contributed by atoms with Crippen molar-refractivity contribution in [3.63, 3.8) is 0 Å². The van der Waals surface area contributed by atoms with Crippen molar-refractivity contribution in [3.8, 4) is 0 Å². The Balaban J connectivity index is 1.54. The number of rotatable bonds is 2. The standard InChI is InChI=1S/C30H52O2/c1-19(2)20-10-13-26(3)16-17-29(6)21(25(20)26)8-9-23-27(4)14-12-24(32)28(5,18-31)22(27)11-15-30(23,29)7/h19-25,31-32H,8-18H2,1-7H3. The summed E-state index contributed by atoms with van der Waals surface area (Å²) < 4.78 is 0. The van der Waals surface area contributed by atoms with Crippen LogP contribution in [0.1, 0.15) is 113 Å². The molecule has 0 heterocycles. The van der Waals surface area contributed by atoms with Crippen molar-refractivity contribution in [2.45, 2.75) is 119 Å². The Morgan fingerprint density at radius 1 is 0.750 bits per heavy atom. The average molecular weight is 445 g/mol. The Bertz CT molecular complexity index is 747. The zero-order valence-corrected chi connectivity index (χ0v) is 22.2. The van der Waals surface area contributed by atoms with Gasteiger partial charge in [0.05, 0.1) is 12.7 Å². The Labute approximate surface area is 198 Å². The molecule has 5 rings (SSSR count). The van der Waals surface area contributed by atoms with Crippen LogP contribution in [0.5, 0.6) is 0 Å². The maximum absolute atomic E-state index is 10.9. The first-order valence-corrected chi connectivity index (χ1v) is 14.2. The summed E-state index contributed by atoms with van der Waals surface area (Å²) in [5.41, 5.74) is 1.34. The van der Waals surface area contributed by atoms with Crippen LogP contribution in [0, 0.1) is 62.6 Å². The van der Waals surface area contributed by atoms with Crippen LogP contribution in [0.15, 0.2) is 0 Å². The van der Waals surface area contributed by atoms with Gasteiger partial charge in [0.1, 0.15) is 0 Å². The maximum Gasteiger partial charge on any atom is 0.0618 e. The molecule has 0 aromatic rings. The second kappa shape index (κ2) is 7.22. The van der Waals surface area contributed by atoms with E-state index in [-0.39, 0.29) is 23.5 Å². The van der Waals surface area contributed by atoms with Gasteiger partial charge in [-0.25, -0.2) is 0 Å². The van der Waals surface area contributed by atoms with E-state index in [4.69, 9.17) is 0 Å². The lowest BCUT2D eigenvalue weighted by Gasteiger charge is -2.73. The van der Waals surface area contributed by atoms with Gasteiger partial charge in [0.2, 0.25) is 0 Å². The van der Waals surface area contributed by atoms with E-state index in [2.05, 4.69) is 48.5 Å². The van der Waals surface area contributed by atoms with Gasteiger partial charge in [-0.3, -0.25) is 0 Å². The molecule has 5 aliphatic rings. The Hall–Kier alpha value is -0.0800. The van der Waals surface area contributed by atoms with E-state index in [1.54, 1.807) is 0 Å². The number of aliphatic hydroxyl groups excluding tert-OH is 2. The largest absolute Gasteiger partial charge is 0.396 e. The molecule has 11 atom stereocenters. The molecule has 0 radical (unpaired) electrons. The van der Waals surface area contributed by atoms with Gasteiger partial charge >= 0.3 is 0 Å². The predicted octanol–water partition coefficient (Wildman–Crippen LogP) is 7.08. The molecule has 2 nitrogen and oxygen atoms in total. The van der Waals surface area contributed by atoms with E-state index in [1.165, 1.54) is 51.4 Å². The average Bonchev–Trinajstić information content (AvgIpc) is 3.09. The van der Waals surface area contributed by atoms with Crippen LogP contribution < -0.4 is 0 Å². The minimum Gasteiger partial charge on any atom is -0.396 e. The molecule has 2 heteroatoms. The smallest absolute Gasteiger partial charge is 0.0618 e. The second-order valence-corrected chi connectivity index (χ2v) is 15.0. The third kappa shape index (κ3) is 2.72. The van der Waals surface area contributed by atoms with Crippen LogP contribution >= 0.6 is 0 Å². The predicted molar refractivity (Wildman–Crippen MR) is 132 cm³/mol. The summed E-state index contributed by atoms with van der Waals surface area (Å²) in [5, 5.41) is 21.4. The van der Waals surface area contributed by atoms with Crippen molar-refractivity contribution in [1.82, 2.24) is 0 Å². The van der Waals surface area contributed by atoms with E-state index >= 15 is 0 Å². The number of fused-ring (bicyclic) bond motifs is 7.